The molecule has 0 aliphatic carbocycles. The van der Waals surface area contributed by atoms with Gasteiger partial charge in [0.2, 0.25) is 0 Å². The van der Waals surface area contributed by atoms with Gasteiger partial charge in [0.05, 0.1) is 22.9 Å². The number of H-pyrrole nitrogens is 1. The molecule has 1 aliphatic rings. The summed E-state index contributed by atoms with van der Waals surface area (Å²) in [5.74, 6) is 0.907. The average Bonchev–Trinajstić information content (AvgIpc) is 3.11. The quantitative estimate of drug-likeness (QED) is 0.689. The Bertz CT molecular complexity index is 1060. The first-order valence-electron chi connectivity index (χ1n) is 9.55. The smallest absolute Gasteiger partial charge is 0.410 e. The fraction of sp³-hybridized carbons (Fsp3) is 0.333. The molecule has 0 saturated carbocycles. The maximum Gasteiger partial charge on any atom is 0.410 e. The molecule has 0 fully saturated rings. The summed E-state index contributed by atoms with van der Waals surface area (Å²) in [6.07, 6.45) is 4.00. The molecule has 0 radical (unpaired) electrons. The van der Waals surface area contributed by atoms with Gasteiger partial charge in [-0.25, -0.2) is 19.7 Å². The van der Waals surface area contributed by atoms with E-state index < -0.39 is 5.60 Å². The van der Waals surface area contributed by atoms with E-state index in [9.17, 15) is 4.79 Å². The highest BCUT2D eigenvalue weighted by atomic mass is 16.6. The van der Waals surface area contributed by atoms with Crippen molar-refractivity contribution in [1.82, 2.24) is 24.8 Å². The van der Waals surface area contributed by atoms with Gasteiger partial charge in [-0.3, -0.25) is 0 Å². The Morgan fingerprint density at radius 1 is 1.24 bits per heavy atom. The fourth-order valence-electron chi connectivity index (χ4n) is 3.19. The highest BCUT2D eigenvalue weighted by Crippen LogP contribution is 2.27. The Morgan fingerprint density at radius 2 is 2.03 bits per heavy atom. The van der Waals surface area contributed by atoms with Gasteiger partial charge >= 0.3 is 6.09 Å². The number of fused-ring (bicyclic) bond motifs is 1. The van der Waals surface area contributed by atoms with Crippen LogP contribution >= 0.6 is 0 Å². The van der Waals surface area contributed by atoms with Crippen LogP contribution in [0.5, 0.6) is 0 Å². The van der Waals surface area contributed by atoms with Crippen molar-refractivity contribution in [3.63, 3.8) is 0 Å². The third-order valence-electron chi connectivity index (χ3n) is 4.60. The molecule has 0 atom stereocenters. The maximum absolute atomic E-state index is 12.2. The van der Waals surface area contributed by atoms with Crippen molar-refractivity contribution in [3.8, 4) is 11.5 Å². The molecule has 0 bridgehead atoms. The van der Waals surface area contributed by atoms with E-state index in [1.807, 2.05) is 51.1 Å². The second-order valence-electron chi connectivity index (χ2n) is 8.00. The first kappa shape index (κ1) is 18.9. The van der Waals surface area contributed by atoms with Gasteiger partial charge in [-0.05, 0) is 44.9 Å². The average molecular weight is 392 g/mol. The number of nitrogens with two attached hydrogens (primary N) is 1. The lowest BCUT2D eigenvalue weighted by molar-refractivity contribution is 0.0270. The van der Waals surface area contributed by atoms with E-state index in [0.717, 1.165) is 22.3 Å². The van der Waals surface area contributed by atoms with Crippen LogP contribution in [0.15, 0.2) is 36.5 Å². The molecule has 8 heteroatoms. The first-order valence-corrected chi connectivity index (χ1v) is 9.55. The number of anilines is 1. The molecule has 1 aromatic carbocycles. The number of hydrogen-bond donors (Lipinski definition) is 2. The van der Waals surface area contributed by atoms with Crippen LogP contribution in [0.25, 0.3) is 28.1 Å². The largest absolute Gasteiger partial charge is 0.444 e. The van der Waals surface area contributed by atoms with Crippen LogP contribution in [0.2, 0.25) is 0 Å². The van der Waals surface area contributed by atoms with Crippen LogP contribution in [-0.2, 0) is 4.74 Å². The van der Waals surface area contributed by atoms with Crippen LogP contribution in [0.1, 0.15) is 32.9 Å². The van der Waals surface area contributed by atoms with Crippen molar-refractivity contribution in [2.75, 3.05) is 18.8 Å². The Labute approximate surface area is 168 Å². The number of aromatic amines is 1. The normalized spacial score (nSPS) is 14.7. The summed E-state index contributed by atoms with van der Waals surface area (Å²) in [4.78, 5) is 30.8. The molecule has 3 aromatic rings. The van der Waals surface area contributed by atoms with Crippen molar-refractivity contribution in [2.45, 2.75) is 32.8 Å². The number of amides is 1. The Kier molecular flexibility index (Phi) is 4.70. The predicted molar refractivity (Wildman–Crippen MR) is 112 cm³/mol. The lowest BCUT2D eigenvalue weighted by atomic mass is 10.1. The number of ether oxygens (including phenoxy) is 1. The summed E-state index contributed by atoms with van der Waals surface area (Å²) in [6, 6.07) is 7.76. The molecule has 1 amide bonds. The molecule has 150 valence electrons. The summed E-state index contributed by atoms with van der Waals surface area (Å²) in [7, 11) is 0. The van der Waals surface area contributed by atoms with Crippen LogP contribution in [0, 0.1) is 0 Å². The SMILES string of the molecule is CC(C)(C)OC(=O)N1CC=C(c2cnc(N)c(-c3nc4ccccc4[nH]3)n2)CC1. The molecular formula is C21H24N6O2. The zero-order chi connectivity index (χ0) is 20.6. The van der Waals surface area contributed by atoms with Crippen LogP contribution in [-0.4, -0.2) is 49.6 Å². The minimum Gasteiger partial charge on any atom is -0.444 e. The third-order valence-corrected chi connectivity index (χ3v) is 4.60. The molecule has 0 saturated heterocycles. The lowest BCUT2D eigenvalue weighted by Crippen LogP contribution is -2.39. The molecule has 0 unspecified atom stereocenters. The lowest BCUT2D eigenvalue weighted by Gasteiger charge is -2.29. The zero-order valence-electron chi connectivity index (χ0n) is 16.8. The van der Waals surface area contributed by atoms with Gasteiger partial charge in [0.1, 0.15) is 11.3 Å². The number of rotatable bonds is 2. The van der Waals surface area contributed by atoms with Crippen molar-refractivity contribution < 1.29 is 9.53 Å². The first-order chi connectivity index (χ1) is 13.8. The Balaban J connectivity index is 1.57. The van der Waals surface area contributed by atoms with Crippen LogP contribution in [0.4, 0.5) is 10.6 Å². The summed E-state index contributed by atoms with van der Waals surface area (Å²) in [5, 5.41) is 0. The van der Waals surface area contributed by atoms with E-state index in [2.05, 4.69) is 15.0 Å². The van der Waals surface area contributed by atoms with E-state index in [1.165, 1.54) is 0 Å². The van der Waals surface area contributed by atoms with Crippen molar-refractivity contribution in [2.24, 2.45) is 0 Å². The highest BCUT2D eigenvalue weighted by Gasteiger charge is 2.24. The molecule has 3 heterocycles. The fourth-order valence-corrected chi connectivity index (χ4v) is 3.19. The molecule has 1 aliphatic heterocycles. The molecule has 4 rings (SSSR count). The molecule has 0 spiro atoms. The van der Waals surface area contributed by atoms with E-state index >= 15 is 0 Å². The molecule has 2 aromatic heterocycles. The summed E-state index contributed by atoms with van der Waals surface area (Å²) in [5.41, 5.74) is 9.60. The second kappa shape index (κ2) is 7.20. The number of hydrogen-bond acceptors (Lipinski definition) is 6. The van der Waals surface area contributed by atoms with E-state index in [-0.39, 0.29) is 6.09 Å². The number of carbonyl (C=O) groups is 1. The van der Waals surface area contributed by atoms with E-state index in [1.54, 1.807) is 11.1 Å². The van der Waals surface area contributed by atoms with Gasteiger partial charge in [0, 0.05) is 13.1 Å². The molecule has 3 N–H and O–H groups in total. The Hall–Kier alpha value is -3.42. The maximum atomic E-state index is 12.2. The second-order valence-corrected chi connectivity index (χ2v) is 8.00. The Morgan fingerprint density at radius 3 is 2.72 bits per heavy atom. The number of nitrogens with zero attached hydrogens (tertiary/aromatic N) is 4. The predicted octanol–water partition coefficient (Wildman–Crippen LogP) is 3.63. The van der Waals surface area contributed by atoms with Crippen LogP contribution in [0.3, 0.4) is 0 Å². The van der Waals surface area contributed by atoms with Crippen molar-refractivity contribution >= 4 is 28.5 Å². The summed E-state index contributed by atoms with van der Waals surface area (Å²) >= 11 is 0. The number of carbonyl (C=O) groups excluding carboxylic acids is 1. The molecular weight excluding hydrogens is 368 g/mol. The monoisotopic (exact) mass is 392 g/mol. The van der Waals surface area contributed by atoms with Gasteiger partial charge < -0.3 is 20.4 Å². The standard InChI is InChI=1S/C21H24N6O2/c1-21(2,3)29-20(28)27-10-8-13(9-11-27)16-12-23-18(22)17(24-16)19-25-14-6-4-5-7-15(14)26-19/h4-8,12H,9-11H2,1-3H3,(H2,22,23)(H,25,26). The summed E-state index contributed by atoms with van der Waals surface area (Å²) < 4.78 is 5.44. The topological polar surface area (TPSA) is 110 Å². The number of nitrogens with one attached hydrogen (secondary N) is 1. The minimum atomic E-state index is -0.509. The van der Waals surface area contributed by atoms with Crippen LogP contribution < -0.4 is 5.73 Å². The summed E-state index contributed by atoms with van der Waals surface area (Å²) in [6.45, 7) is 6.61. The van der Waals surface area contributed by atoms with Gasteiger partial charge in [-0.1, -0.05) is 18.2 Å². The number of benzene rings is 1. The minimum absolute atomic E-state index is 0.306. The molecule has 29 heavy (non-hydrogen) atoms. The number of nitrogen functional groups attached to an aromatic ring is 1. The third kappa shape index (κ3) is 4.06. The van der Waals surface area contributed by atoms with E-state index in [0.29, 0.717) is 36.8 Å². The number of aromatic nitrogens is 4. The van der Waals surface area contributed by atoms with E-state index in [4.69, 9.17) is 15.5 Å². The molecule has 8 nitrogen and oxygen atoms in total. The van der Waals surface area contributed by atoms with Crippen molar-refractivity contribution in [1.29, 1.82) is 0 Å². The van der Waals surface area contributed by atoms with Gasteiger partial charge in [0.15, 0.2) is 11.6 Å². The van der Waals surface area contributed by atoms with Gasteiger partial charge in [0.25, 0.3) is 0 Å². The van der Waals surface area contributed by atoms with Crippen molar-refractivity contribution in [3.05, 3.63) is 42.2 Å². The highest BCUT2D eigenvalue weighted by molar-refractivity contribution is 5.81. The number of imidazole rings is 1. The van der Waals surface area contributed by atoms with Gasteiger partial charge in [-0.2, -0.15) is 0 Å². The zero-order valence-corrected chi connectivity index (χ0v) is 16.8. The number of para-hydroxylation sites is 2. The van der Waals surface area contributed by atoms with Gasteiger partial charge in [-0.15, -0.1) is 0 Å².